The van der Waals surface area contributed by atoms with Crippen molar-refractivity contribution in [2.45, 2.75) is 57.3 Å². The molecular weight excluding hydrogens is 485 g/mol. The Labute approximate surface area is 200 Å². The van der Waals surface area contributed by atoms with Gasteiger partial charge in [0.05, 0.1) is 18.3 Å². The molecule has 0 aliphatic carbocycles. The molecule has 1 aromatic carbocycles. The van der Waals surface area contributed by atoms with Crippen LogP contribution >= 0.6 is 7.75 Å². The minimum absolute atomic E-state index is 0.120. The summed E-state index contributed by atoms with van der Waals surface area (Å²) in [5.74, 6) is -0.510. The average Bonchev–Trinajstić information content (AvgIpc) is 3.06. The van der Waals surface area contributed by atoms with Crippen LogP contribution in [0.15, 0.2) is 46.1 Å². The number of carbonyl (C=O) groups is 1. The monoisotopic (exact) mass is 513 g/mol. The standard InChI is InChI=1S/C21H28N3O10P/c1-11(2)32-20(28)12(3)24-35(30,34-13-7-5-4-6-8-13)31-10-15-16(25)17(26)18(33-15)14-9-22-21(29)23-19(14)27/h4-9,11-12,15-18,25-26H,10H2,1-3H3,(H,24,30)(H2,22,23,27,29)/t12-,15+,16+,17+,18-,35-/m0/s1. The number of hydrogen-bond acceptors (Lipinski definition) is 10. The van der Waals surface area contributed by atoms with Gasteiger partial charge in [0, 0.05) is 6.20 Å². The summed E-state index contributed by atoms with van der Waals surface area (Å²) < 4.78 is 35.2. The van der Waals surface area contributed by atoms with Crippen molar-refractivity contribution in [2.75, 3.05) is 6.61 Å². The summed E-state index contributed by atoms with van der Waals surface area (Å²) in [4.78, 5) is 39.8. The van der Waals surface area contributed by atoms with Gasteiger partial charge in [-0.1, -0.05) is 18.2 Å². The molecule has 0 saturated carbocycles. The lowest BCUT2D eigenvalue weighted by molar-refractivity contribution is -0.149. The first-order valence-corrected chi connectivity index (χ1v) is 12.3. The van der Waals surface area contributed by atoms with Crippen molar-refractivity contribution in [3.63, 3.8) is 0 Å². The number of para-hydroxylation sites is 1. The minimum atomic E-state index is -4.24. The highest BCUT2D eigenvalue weighted by atomic mass is 31.2. The fourth-order valence-electron chi connectivity index (χ4n) is 3.28. The SMILES string of the molecule is CC(C)OC(=O)[C@H](C)N[P@](=O)(OC[C@H]1O[C@@H](c2c[nH]c(=O)[nH]c2=O)[C@H](O)[C@@H]1O)Oc1ccccc1. The molecule has 1 aliphatic heterocycles. The Kier molecular flexibility index (Phi) is 8.65. The Morgan fingerprint density at radius 2 is 1.86 bits per heavy atom. The van der Waals surface area contributed by atoms with Gasteiger partial charge < -0.3 is 29.2 Å². The van der Waals surface area contributed by atoms with E-state index < -0.39 is 68.1 Å². The Hall–Kier alpha value is -2.80. The van der Waals surface area contributed by atoms with E-state index in [1.165, 1.54) is 19.1 Å². The maximum absolute atomic E-state index is 13.5. The molecule has 0 amide bonds. The summed E-state index contributed by atoms with van der Waals surface area (Å²) in [6.45, 7) is 4.20. The number of benzene rings is 1. The summed E-state index contributed by atoms with van der Waals surface area (Å²) in [6, 6.07) is 6.97. The third kappa shape index (κ3) is 6.88. The molecule has 3 rings (SSSR count). The topological polar surface area (TPSA) is 189 Å². The van der Waals surface area contributed by atoms with E-state index in [1.807, 2.05) is 4.98 Å². The second-order valence-electron chi connectivity index (χ2n) is 8.14. The first kappa shape index (κ1) is 26.8. The Morgan fingerprint density at radius 1 is 1.17 bits per heavy atom. The number of H-pyrrole nitrogens is 2. The molecule has 192 valence electrons. The molecule has 0 spiro atoms. The second kappa shape index (κ2) is 11.3. The normalized spacial score (nSPS) is 24.6. The van der Waals surface area contributed by atoms with Crippen LogP contribution < -0.4 is 20.9 Å². The average molecular weight is 513 g/mol. The zero-order valence-corrected chi connectivity index (χ0v) is 20.1. The number of esters is 1. The Balaban J connectivity index is 1.75. The molecule has 1 fully saturated rings. The molecule has 35 heavy (non-hydrogen) atoms. The number of nitrogens with one attached hydrogen (secondary N) is 3. The third-order valence-electron chi connectivity index (χ3n) is 4.95. The van der Waals surface area contributed by atoms with E-state index in [0.29, 0.717) is 0 Å². The van der Waals surface area contributed by atoms with Crippen LogP contribution in [-0.4, -0.2) is 63.2 Å². The molecular formula is C21H28N3O10P. The number of aromatic nitrogens is 2. The molecule has 14 heteroatoms. The number of aromatic amines is 2. The van der Waals surface area contributed by atoms with Crippen LogP contribution in [0, 0.1) is 0 Å². The highest BCUT2D eigenvalue weighted by Gasteiger charge is 2.46. The van der Waals surface area contributed by atoms with Crippen LogP contribution in [0.1, 0.15) is 32.4 Å². The van der Waals surface area contributed by atoms with Gasteiger partial charge in [-0.3, -0.25) is 19.1 Å². The van der Waals surface area contributed by atoms with E-state index in [4.69, 9.17) is 18.5 Å². The van der Waals surface area contributed by atoms with E-state index in [2.05, 4.69) is 10.1 Å². The number of hydrogen-bond donors (Lipinski definition) is 5. The van der Waals surface area contributed by atoms with Gasteiger partial charge in [0.2, 0.25) is 0 Å². The first-order valence-electron chi connectivity index (χ1n) is 10.8. The van der Waals surface area contributed by atoms with E-state index in [1.54, 1.807) is 32.0 Å². The molecule has 0 unspecified atom stereocenters. The number of carbonyl (C=O) groups excluding carboxylic acids is 1. The van der Waals surface area contributed by atoms with E-state index >= 15 is 0 Å². The number of aliphatic hydroxyl groups is 2. The molecule has 13 nitrogen and oxygen atoms in total. The van der Waals surface area contributed by atoms with Gasteiger partial charge in [-0.15, -0.1) is 0 Å². The largest absolute Gasteiger partial charge is 0.462 e. The zero-order valence-electron chi connectivity index (χ0n) is 19.2. The third-order valence-corrected chi connectivity index (χ3v) is 6.60. The molecule has 2 aromatic rings. The van der Waals surface area contributed by atoms with Crippen LogP contribution in [-0.2, 0) is 23.4 Å². The predicted octanol–water partition coefficient (Wildman–Crippen LogP) is 0.358. The minimum Gasteiger partial charge on any atom is -0.462 e. The lowest BCUT2D eigenvalue weighted by Gasteiger charge is -2.25. The van der Waals surface area contributed by atoms with Gasteiger partial charge in [0.25, 0.3) is 5.56 Å². The highest BCUT2D eigenvalue weighted by molar-refractivity contribution is 7.52. The van der Waals surface area contributed by atoms with Gasteiger partial charge in [0.15, 0.2) is 0 Å². The number of ether oxygens (including phenoxy) is 2. The summed E-state index contributed by atoms with van der Waals surface area (Å²) in [5, 5.41) is 23.3. The van der Waals surface area contributed by atoms with Crippen LogP contribution in [0.2, 0.25) is 0 Å². The smallest absolute Gasteiger partial charge is 0.459 e. The maximum atomic E-state index is 13.5. The van der Waals surface area contributed by atoms with Crippen LogP contribution in [0.5, 0.6) is 5.75 Å². The summed E-state index contributed by atoms with van der Waals surface area (Å²) in [5.41, 5.74) is -1.67. The Morgan fingerprint density at radius 3 is 2.49 bits per heavy atom. The zero-order chi connectivity index (χ0) is 25.8. The molecule has 6 atom stereocenters. The van der Waals surface area contributed by atoms with E-state index in [-0.39, 0.29) is 11.3 Å². The second-order valence-corrected chi connectivity index (χ2v) is 9.83. The summed E-state index contributed by atoms with van der Waals surface area (Å²) in [7, 11) is -4.24. The van der Waals surface area contributed by atoms with Gasteiger partial charge >= 0.3 is 19.4 Å². The fraction of sp³-hybridized carbons (Fsp3) is 0.476. The number of rotatable bonds is 10. The van der Waals surface area contributed by atoms with Gasteiger partial charge in [-0.25, -0.2) is 9.36 Å². The quantitative estimate of drug-likeness (QED) is 0.218. The lowest BCUT2D eigenvalue weighted by atomic mass is 10.0. The predicted molar refractivity (Wildman–Crippen MR) is 122 cm³/mol. The van der Waals surface area contributed by atoms with Crippen molar-refractivity contribution in [2.24, 2.45) is 0 Å². The summed E-state index contributed by atoms with van der Waals surface area (Å²) >= 11 is 0. The van der Waals surface area contributed by atoms with Gasteiger partial charge in [-0.05, 0) is 32.9 Å². The van der Waals surface area contributed by atoms with Crippen molar-refractivity contribution in [3.05, 3.63) is 62.9 Å². The van der Waals surface area contributed by atoms with E-state index in [0.717, 1.165) is 6.20 Å². The van der Waals surface area contributed by atoms with Gasteiger partial charge in [0.1, 0.15) is 36.2 Å². The highest BCUT2D eigenvalue weighted by Crippen LogP contribution is 2.46. The molecule has 1 aliphatic rings. The first-order chi connectivity index (χ1) is 16.5. The van der Waals surface area contributed by atoms with Gasteiger partial charge in [-0.2, -0.15) is 5.09 Å². The van der Waals surface area contributed by atoms with Crippen LogP contribution in [0.25, 0.3) is 0 Å². The van der Waals surface area contributed by atoms with Crippen molar-refractivity contribution in [1.82, 2.24) is 15.1 Å². The van der Waals surface area contributed by atoms with Crippen molar-refractivity contribution < 1.29 is 38.1 Å². The molecule has 1 saturated heterocycles. The molecule has 0 radical (unpaired) electrons. The molecule has 2 heterocycles. The lowest BCUT2D eigenvalue weighted by Crippen LogP contribution is -2.38. The van der Waals surface area contributed by atoms with Crippen LogP contribution in [0.3, 0.4) is 0 Å². The van der Waals surface area contributed by atoms with Crippen molar-refractivity contribution in [1.29, 1.82) is 0 Å². The van der Waals surface area contributed by atoms with Crippen LogP contribution in [0.4, 0.5) is 0 Å². The molecule has 5 N–H and O–H groups in total. The van der Waals surface area contributed by atoms with Crippen molar-refractivity contribution in [3.8, 4) is 5.75 Å². The summed E-state index contributed by atoms with van der Waals surface area (Å²) in [6.07, 6.45) is -4.93. The maximum Gasteiger partial charge on any atom is 0.459 e. The van der Waals surface area contributed by atoms with E-state index in [9.17, 15) is 29.2 Å². The Bertz CT molecular complexity index is 1170. The fourth-order valence-corrected chi connectivity index (χ4v) is 4.78. The molecule has 1 aromatic heterocycles. The number of aliphatic hydroxyl groups excluding tert-OH is 2. The van der Waals surface area contributed by atoms with Crippen molar-refractivity contribution >= 4 is 13.7 Å². The molecule has 0 bridgehead atoms.